The molecule has 0 bridgehead atoms. The Morgan fingerprint density at radius 1 is 0.842 bits per heavy atom. The van der Waals surface area contributed by atoms with E-state index >= 15 is 0 Å². The highest BCUT2D eigenvalue weighted by Crippen LogP contribution is 2.22. The summed E-state index contributed by atoms with van der Waals surface area (Å²) in [5.74, 6) is 0. The molecule has 0 heterocycles. The summed E-state index contributed by atoms with van der Waals surface area (Å²) in [7, 11) is -5.48. The second-order valence-corrected chi connectivity index (χ2v) is 19.1. The van der Waals surface area contributed by atoms with Gasteiger partial charge in [0, 0.05) is 0 Å². The molecule has 0 aliphatic carbocycles. The Bertz CT molecular complexity index is 401. The van der Waals surface area contributed by atoms with Crippen LogP contribution in [0.1, 0.15) is 6.92 Å². The van der Waals surface area contributed by atoms with Gasteiger partial charge in [-0.2, -0.15) is 0 Å². The maximum absolute atomic E-state index is 6.63. The normalized spacial score (nSPS) is 16.2. The summed E-state index contributed by atoms with van der Waals surface area (Å²) < 4.78 is 13.0. The van der Waals surface area contributed by atoms with E-state index in [9.17, 15) is 0 Å². The van der Waals surface area contributed by atoms with E-state index in [0.29, 0.717) is 0 Å². The zero-order valence-electron chi connectivity index (χ0n) is 13.4. The van der Waals surface area contributed by atoms with Crippen molar-refractivity contribution in [3.63, 3.8) is 0 Å². The summed E-state index contributed by atoms with van der Waals surface area (Å²) in [5.41, 5.74) is 0. The standard InChI is InChI=1S/C14H28O2Si3/c1-8-19(7,14-12-10-9-11-13-14)16-18(5,6)15-17(2,3)4/h9-13H,8H2,1-7H3. The summed E-state index contributed by atoms with van der Waals surface area (Å²) in [4.78, 5) is 0. The second-order valence-electron chi connectivity index (χ2n) is 6.67. The lowest BCUT2D eigenvalue weighted by Gasteiger charge is -2.39. The molecule has 1 aromatic rings. The van der Waals surface area contributed by atoms with Gasteiger partial charge < -0.3 is 8.23 Å². The Morgan fingerprint density at radius 3 is 1.79 bits per heavy atom. The molecule has 0 saturated carbocycles. The van der Waals surface area contributed by atoms with E-state index in [2.05, 4.69) is 76.5 Å². The van der Waals surface area contributed by atoms with Crippen molar-refractivity contribution in [1.82, 2.24) is 0 Å². The fourth-order valence-corrected chi connectivity index (χ4v) is 15.6. The van der Waals surface area contributed by atoms with Gasteiger partial charge >= 0.3 is 8.56 Å². The minimum absolute atomic E-state index is 1.09. The predicted molar refractivity (Wildman–Crippen MR) is 91.2 cm³/mol. The lowest BCUT2D eigenvalue weighted by atomic mass is 10.4. The zero-order chi connectivity index (χ0) is 14.7. The molecule has 0 N–H and O–H groups in total. The van der Waals surface area contributed by atoms with Gasteiger partial charge in [-0.15, -0.1) is 0 Å². The smallest absolute Gasteiger partial charge is 0.311 e. The van der Waals surface area contributed by atoms with E-state index < -0.39 is 25.2 Å². The van der Waals surface area contributed by atoms with Gasteiger partial charge in [-0.3, -0.25) is 0 Å². The first kappa shape index (κ1) is 16.8. The molecule has 5 heteroatoms. The van der Waals surface area contributed by atoms with Crippen molar-refractivity contribution >= 4 is 30.4 Å². The minimum atomic E-state index is -2.05. The third-order valence-electron chi connectivity index (χ3n) is 3.08. The lowest BCUT2D eigenvalue weighted by Crippen LogP contribution is -2.57. The van der Waals surface area contributed by atoms with Crippen LogP contribution >= 0.6 is 0 Å². The Morgan fingerprint density at radius 2 is 1.37 bits per heavy atom. The molecule has 1 rings (SSSR count). The molecule has 1 atom stereocenters. The van der Waals surface area contributed by atoms with E-state index in [-0.39, 0.29) is 0 Å². The SMILES string of the molecule is CC[Si](C)(O[Si](C)(C)O[Si](C)(C)C)c1ccccc1. The van der Waals surface area contributed by atoms with E-state index in [1.807, 2.05) is 0 Å². The number of rotatable bonds is 6. The molecule has 0 saturated heterocycles. The van der Waals surface area contributed by atoms with Gasteiger partial charge in [-0.25, -0.2) is 0 Å². The fraction of sp³-hybridized carbons (Fsp3) is 0.571. The van der Waals surface area contributed by atoms with Crippen molar-refractivity contribution in [2.75, 3.05) is 0 Å². The van der Waals surface area contributed by atoms with Gasteiger partial charge in [0.05, 0.1) is 0 Å². The van der Waals surface area contributed by atoms with Crippen LogP contribution in [0.15, 0.2) is 30.3 Å². The molecule has 2 nitrogen and oxygen atoms in total. The van der Waals surface area contributed by atoms with Crippen LogP contribution in [-0.4, -0.2) is 25.2 Å². The summed E-state index contributed by atoms with van der Waals surface area (Å²) >= 11 is 0. The van der Waals surface area contributed by atoms with Crippen LogP contribution in [0.4, 0.5) is 0 Å². The summed E-state index contributed by atoms with van der Waals surface area (Å²) in [6.45, 7) is 15.6. The molecule has 0 aliphatic heterocycles. The Kier molecular flexibility index (Phi) is 5.36. The highest BCUT2D eigenvalue weighted by molar-refractivity contribution is 6.93. The fourth-order valence-electron chi connectivity index (χ4n) is 2.43. The van der Waals surface area contributed by atoms with Crippen molar-refractivity contribution in [3.8, 4) is 0 Å². The molecule has 1 aromatic carbocycles. The van der Waals surface area contributed by atoms with Crippen molar-refractivity contribution in [2.45, 2.75) is 52.2 Å². The quantitative estimate of drug-likeness (QED) is 0.738. The Hall–Kier alpha value is -0.209. The topological polar surface area (TPSA) is 18.5 Å². The van der Waals surface area contributed by atoms with Crippen LogP contribution in [0.2, 0.25) is 45.3 Å². The molecule has 0 fully saturated rings. The molecule has 0 aromatic heterocycles. The van der Waals surface area contributed by atoms with Gasteiger partial charge in [-0.1, -0.05) is 37.3 Å². The van der Waals surface area contributed by atoms with E-state index in [1.54, 1.807) is 0 Å². The first-order valence-electron chi connectivity index (χ1n) is 7.04. The van der Waals surface area contributed by atoms with Gasteiger partial charge in [0.25, 0.3) is 0 Å². The predicted octanol–water partition coefficient (Wildman–Crippen LogP) is 4.06. The van der Waals surface area contributed by atoms with E-state index in [0.717, 1.165) is 6.04 Å². The monoisotopic (exact) mass is 312 g/mol. The maximum Gasteiger partial charge on any atom is 0.311 e. The van der Waals surface area contributed by atoms with Gasteiger partial charge in [-0.05, 0) is 50.5 Å². The van der Waals surface area contributed by atoms with E-state index in [1.165, 1.54) is 5.19 Å². The van der Waals surface area contributed by atoms with Gasteiger partial charge in [0.1, 0.15) is 0 Å². The lowest BCUT2D eigenvalue weighted by molar-refractivity contribution is 0.395. The van der Waals surface area contributed by atoms with Gasteiger partial charge in [0.15, 0.2) is 8.32 Å². The number of hydrogen-bond donors (Lipinski definition) is 0. The summed E-state index contributed by atoms with van der Waals surface area (Å²) in [6.07, 6.45) is 0. The van der Waals surface area contributed by atoms with Crippen LogP contribution in [0.5, 0.6) is 0 Å². The van der Waals surface area contributed by atoms with Crippen LogP contribution in [0.25, 0.3) is 0 Å². The molecular weight excluding hydrogens is 284 g/mol. The van der Waals surface area contributed by atoms with Crippen molar-refractivity contribution < 1.29 is 8.23 Å². The Balaban J connectivity index is 2.93. The minimum Gasteiger partial charge on any atom is -0.437 e. The molecule has 0 radical (unpaired) electrons. The average Bonchev–Trinajstić information content (AvgIpc) is 2.26. The van der Waals surface area contributed by atoms with Crippen LogP contribution in [0, 0.1) is 0 Å². The van der Waals surface area contributed by atoms with Crippen molar-refractivity contribution in [2.24, 2.45) is 0 Å². The summed E-state index contributed by atoms with van der Waals surface area (Å²) in [6, 6.07) is 11.8. The number of hydrogen-bond acceptors (Lipinski definition) is 2. The van der Waals surface area contributed by atoms with Crippen LogP contribution in [-0.2, 0) is 8.23 Å². The van der Waals surface area contributed by atoms with Crippen LogP contribution < -0.4 is 5.19 Å². The first-order chi connectivity index (χ1) is 8.58. The van der Waals surface area contributed by atoms with Crippen molar-refractivity contribution in [1.29, 1.82) is 0 Å². The highest BCUT2D eigenvalue weighted by Gasteiger charge is 2.40. The average molecular weight is 313 g/mol. The molecule has 19 heavy (non-hydrogen) atoms. The maximum atomic E-state index is 6.63. The van der Waals surface area contributed by atoms with Gasteiger partial charge in [0.2, 0.25) is 8.32 Å². The second kappa shape index (κ2) is 6.05. The molecule has 0 amide bonds. The van der Waals surface area contributed by atoms with E-state index in [4.69, 9.17) is 8.23 Å². The first-order valence-corrected chi connectivity index (χ1v) is 15.9. The summed E-state index contributed by atoms with van der Waals surface area (Å²) in [5, 5.41) is 1.37. The molecule has 0 aliphatic rings. The molecule has 0 spiro atoms. The van der Waals surface area contributed by atoms with Crippen molar-refractivity contribution in [3.05, 3.63) is 30.3 Å². The molecular formula is C14H28O2Si3. The number of benzene rings is 1. The highest BCUT2D eigenvalue weighted by atomic mass is 28.5. The largest absolute Gasteiger partial charge is 0.437 e. The van der Waals surface area contributed by atoms with Crippen LogP contribution in [0.3, 0.4) is 0 Å². The third kappa shape index (κ3) is 5.35. The molecule has 108 valence electrons. The molecule has 1 unspecified atom stereocenters. The Labute approximate surface area is 121 Å². The third-order valence-corrected chi connectivity index (χ3v) is 14.2. The zero-order valence-corrected chi connectivity index (χ0v) is 16.4.